The van der Waals surface area contributed by atoms with Gasteiger partial charge in [0, 0.05) is 39.2 Å². The second-order valence-electron chi connectivity index (χ2n) is 10.8. The molecule has 0 aliphatic heterocycles. The number of rotatable bonds is 6. The summed E-state index contributed by atoms with van der Waals surface area (Å²) in [5.74, 6) is 2.57. The summed E-state index contributed by atoms with van der Waals surface area (Å²) in [4.78, 5) is 5.21. The zero-order valence-electron chi connectivity index (χ0n) is 24.0. The van der Waals surface area contributed by atoms with Crippen molar-refractivity contribution in [3.63, 3.8) is 0 Å². The van der Waals surface area contributed by atoms with Crippen molar-refractivity contribution in [1.29, 1.82) is 0 Å². The van der Waals surface area contributed by atoms with Gasteiger partial charge in [-0.15, -0.1) is 0 Å². The molecule has 208 valence electrons. The first-order chi connectivity index (χ1) is 21.8. The van der Waals surface area contributed by atoms with Gasteiger partial charge in [-0.05, 0) is 17.2 Å². The van der Waals surface area contributed by atoms with Crippen LogP contribution in [0.5, 0.6) is 0 Å². The Labute approximate surface area is 256 Å². The molecule has 0 aliphatic carbocycles. The number of furan rings is 1. The van der Waals surface area contributed by atoms with E-state index in [1.807, 2.05) is 18.2 Å². The highest BCUT2D eigenvalue weighted by Crippen LogP contribution is 2.46. The topological polar surface area (TPSA) is 31.0 Å². The van der Waals surface area contributed by atoms with Crippen molar-refractivity contribution in [2.45, 2.75) is 0 Å². The number of hydrogen-bond acceptors (Lipinski definition) is 2. The van der Waals surface area contributed by atoms with Crippen LogP contribution in [0.4, 0.5) is 0 Å². The second-order valence-corrected chi connectivity index (χ2v) is 10.8. The van der Waals surface area contributed by atoms with Gasteiger partial charge in [-0.2, -0.15) is 0 Å². The molecule has 3 heteroatoms. The molecule has 0 atom stereocenters. The van der Waals surface area contributed by atoms with E-state index in [-0.39, 0.29) is 0 Å². The lowest BCUT2D eigenvalue weighted by atomic mass is 9.94. The number of benzene rings is 6. The van der Waals surface area contributed by atoms with E-state index in [0.29, 0.717) is 0 Å². The van der Waals surface area contributed by atoms with E-state index < -0.39 is 0 Å². The maximum absolute atomic E-state index is 6.96. The van der Waals surface area contributed by atoms with Gasteiger partial charge in [-0.3, -0.25) is 4.57 Å². The third-order valence-electron chi connectivity index (χ3n) is 8.08. The number of imidazole rings is 1. The zero-order valence-corrected chi connectivity index (χ0v) is 24.0. The maximum atomic E-state index is 6.96. The highest BCUT2D eigenvalue weighted by atomic mass is 16.3. The minimum Gasteiger partial charge on any atom is -0.455 e. The van der Waals surface area contributed by atoms with Gasteiger partial charge in [0.1, 0.15) is 17.3 Å². The molecule has 0 saturated carbocycles. The third kappa shape index (κ3) is 4.52. The van der Waals surface area contributed by atoms with Crippen molar-refractivity contribution in [3.8, 4) is 62.1 Å². The molecule has 8 rings (SSSR count). The Morgan fingerprint density at radius 2 is 0.955 bits per heavy atom. The number of nitrogens with zero attached hydrogens (tertiary/aromatic N) is 2. The lowest BCUT2D eigenvalue weighted by Gasteiger charge is -2.17. The highest BCUT2D eigenvalue weighted by Gasteiger charge is 2.24. The quantitative estimate of drug-likeness (QED) is 0.201. The van der Waals surface area contributed by atoms with E-state index in [0.717, 1.165) is 72.9 Å². The SMILES string of the molecule is c1ccc(-c2cn(-c3cccc(-c4ccccc4)c3-c3oc(-c4ccccc4)c4ccccc34)c(-c3ccccc3)n2)cc1. The molecule has 44 heavy (non-hydrogen) atoms. The van der Waals surface area contributed by atoms with Crippen LogP contribution < -0.4 is 0 Å². The molecular weight excluding hydrogens is 536 g/mol. The molecule has 0 spiro atoms. The summed E-state index contributed by atoms with van der Waals surface area (Å²) in [5, 5.41) is 2.15. The van der Waals surface area contributed by atoms with Crippen LogP contribution in [0, 0.1) is 0 Å². The monoisotopic (exact) mass is 564 g/mol. The van der Waals surface area contributed by atoms with Crippen LogP contribution in [0.2, 0.25) is 0 Å². The van der Waals surface area contributed by atoms with E-state index >= 15 is 0 Å². The van der Waals surface area contributed by atoms with E-state index in [1.165, 1.54) is 0 Å². The van der Waals surface area contributed by atoms with Crippen LogP contribution in [0.3, 0.4) is 0 Å². The van der Waals surface area contributed by atoms with Crippen molar-refractivity contribution in [2.24, 2.45) is 0 Å². The Morgan fingerprint density at radius 3 is 1.59 bits per heavy atom. The van der Waals surface area contributed by atoms with Crippen molar-refractivity contribution >= 4 is 10.8 Å². The first-order valence-corrected chi connectivity index (χ1v) is 14.8. The Kier molecular flexibility index (Phi) is 6.47. The van der Waals surface area contributed by atoms with E-state index in [4.69, 9.17) is 9.40 Å². The summed E-state index contributed by atoms with van der Waals surface area (Å²) in [7, 11) is 0. The molecule has 0 unspecified atom stereocenters. The molecule has 0 amide bonds. The van der Waals surface area contributed by atoms with Gasteiger partial charge in [-0.25, -0.2) is 4.98 Å². The van der Waals surface area contributed by atoms with E-state index in [2.05, 4.69) is 156 Å². The maximum Gasteiger partial charge on any atom is 0.145 e. The van der Waals surface area contributed by atoms with Crippen LogP contribution in [-0.2, 0) is 0 Å². The summed E-state index contributed by atoms with van der Waals surface area (Å²) in [6.45, 7) is 0. The minimum absolute atomic E-state index is 0.836. The third-order valence-corrected chi connectivity index (χ3v) is 8.08. The second kappa shape index (κ2) is 11.0. The molecule has 8 aromatic rings. The smallest absolute Gasteiger partial charge is 0.145 e. The Bertz CT molecular complexity index is 2200. The lowest BCUT2D eigenvalue weighted by Crippen LogP contribution is -2.00. The van der Waals surface area contributed by atoms with Crippen LogP contribution >= 0.6 is 0 Å². The zero-order chi connectivity index (χ0) is 29.3. The standard InChI is InChI=1S/C41H28N2O/c1-5-16-29(17-6-1)33-26-15-27-37(38(33)40-35-25-14-13-24-34(35)39(44-40)31-20-9-3-10-21-31)43-28-36(30-18-7-2-8-19-30)42-41(43)32-22-11-4-12-23-32/h1-28H. The van der Waals surface area contributed by atoms with Crippen LogP contribution in [0.1, 0.15) is 0 Å². The number of fused-ring (bicyclic) bond motifs is 1. The molecule has 0 bridgehead atoms. The van der Waals surface area contributed by atoms with E-state index in [1.54, 1.807) is 0 Å². The summed E-state index contributed by atoms with van der Waals surface area (Å²) in [6, 6.07) is 56.6. The van der Waals surface area contributed by atoms with Crippen molar-refractivity contribution in [1.82, 2.24) is 9.55 Å². The predicted molar refractivity (Wildman–Crippen MR) is 181 cm³/mol. The van der Waals surface area contributed by atoms with Crippen LogP contribution in [0.15, 0.2) is 174 Å². The molecule has 0 aliphatic rings. The fourth-order valence-corrected chi connectivity index (χ4v) is 6.02. The van der Waals surface area contributed by atoms with Gasteiger partial charge < -0.3 is 4.42 Å². The van der Waals surface area contributed by atoms with Crippen molar-refractivity contribution < 1.29 is 4.42 Å². The summed E-state index contributed by atoms with van der Waals surface area (Å²) < 4.78 is 9.19. The Morgan fingerprint density at radius 1 is 0.432 bits per heavy atom. The van der Waals surface area contributed by atoms with E-state index in [9.17, 15) is 0 Å². The average Bonchev–Trinajstić information content (AvgIpc) is 3.73. The lowest BCUT2D eigenvalue weighted by molar-refractivity contribution is 0.602. The fourth-order valence-electron chi connectivity index (χ4n) is 6.02. The van der Waals surface area contributed by atoms with Crippen molar-refractivity contribution in [2.75, 3.05) is 0 Å². The summed E-state index contributed by atoms with van der Waals surface area (Å²) >= 11 is 0. The molecule has 3 nitrogen and oxygen atoms in total. The first-order valence-electron chi connectivity index (χ1n) is 14.8. The number of hydrogen-bond donors (Lipinski definition) is 0. The minimum atomic E-state index is 0.836. The van der Waals surface area contributed by atoms with Crippen molar-refractivity contribution in [3.05, 3.63) is 170 Å². The molecule has 2 aromatic heterocycles. The summed E-state index contributed by atoms with van der Waals surface area (Å²) in [5.41, 5.74) is 8.30. The number of aromatic nitrogens is 2. The fraction of sp³-hybridized carbons (Fsp3) is 0. The average molecular weight is 565 g/mol. The predicted octanol–water partition coefficient (Wildman–Crippen LogP) is 11.0. The van der Waals surface area contributed by atoms with Gasteiger partial charge >= 0.3 is 0 Å². The molecule has 6 aromatic carbocycles. The van der Waals surface area contributed by atoms with Gasteiger partial charge in [0.25, 0.3) is 0 Å². The largest absolute Gasteiger partial charge is 0.455 e. The van der Waals surface area contributed by atoms with Gasteiger partial charge in [0.05, 0.1) is 11.4 Å². The Balaban J connectivity index is 1.46. The molecule has 0 radical (unpaired) electrons. The normalized spacial score (nSPS) is 11.2. The molecule has 0 saturated heterocycles. The highest BCUT2D eigenvalue weighted by molar-refractivity contribution is 6.06. The first kappa shape index (κ1) is 25.8. The van der Waals surface area contributed by atoms with Gasteiger partial charge in [0.15, 0.2) is 0 Å². The summed E-state index contributed by atoms with van der Waals surface area (Å²) in [6.07, 6.45) is 2.15. The van der Waals surface area contributed by atoms with Gasteiger partial charge in [-0.1, -0.05) is 158 Å². The van der Waals surface area contributed by atoms with Crippen LogP contribution in [0.25, 0.3) is 72.9 Å². The molecule has 0 N–H and O–H groups in total. The van der Waals surface area contributed by atoms with Crippen LogP contribution in [-0.4, -0.2) is 9.55 Å². The van der Waals surface area contributed by atoms with Gasteiger partial charge in [0.2, 0.25) is 0 Å². The Hall–Kier alpha value is -5.93. The molecule has 2 heterocycles. The molecular formula is C41H28N2O. The molecule has 0 fully saturated rings.